The summed E-state index contributed by atoms with van der Waals surface area (Å²) in [6.07, 6.45) is 9.92. The Kier molecular flexibility index (Phi) is 4.01. The van der Waals surface area contributed by atoms with Gasteiger partial charge in [-0.25, -0.2) is 0 Å². The Morgan fingerprint density at radius 1 is 1.30 bits per heavy atom. The molecule has 0 amide bonds. The Balaban J connectivity index is 1.78. The number of fused-ring (bicyclic) bond motifs is 1. The number of nitrogen functional groups attached to an aromatic ring is 1. The maximum absolute atomic E-state index is 7.67. The molecule has 4 nitrogen and oxygen atoms in total. The predicted molar refractivity (Wildman–Crippen MR) is 80.6 cm³/mol. The molecule has 2 atom stereocenters. The van der Waals surface area contributed by atoms with Crippen molar-refractivity contribution in [2.75, 3.05) is 6.54 Å². The van der Waals surface area contributed by atoms with Gasteiger partial charge in [0.1, 0.15) is 11.5 Å². The largest absolute Gasteiger partial charge is 0.382 e. The summed E-state index contributed by atoms with van der Waals surface area (Å²) in [6, 6.07) is 4.75. The molecule has 0 radical (unpaired) electrons. The molecule has 3 rings (SSSR count). The second-order valence-corrected chi connectivity index (χ2v) is 6.15. The van der Waals surface area contributed by atoms with E-state index in [-0.39, 0.29) is 5.84 Å². The predicted octanol–water partition coefficient (Wildman–Crippen LogP) is 2.52. The molecule has 1 aliphatic heterocycles. The number of hydrogen-bond donors (Lipinski definition) is 2. The third-order valence-corrected chi connectivity index (χ3v) is 4.88. The average Bonchev–Trinajstić information content (AvgIpc) is 2.48. The zero-order valence-corrected chi connectivity index (χ0v) is 12.0. The molecule has 1 saturated heterocycles. The normalized spacial score (nSPS) is 27.0. The summed E-state index contributed by atoms with van der Waals surface area (Å²) in [5.74, 6) is 0.966. The second kappa shape index (κ2) is 5.92. The summed E-state index contributed by atoms with van der Waals surface area (Å²) in [5.41, 5.74) is 7.41. The lowest BCUT2D eigenvalue weighted by Gasteiger charge is -2.44. The van der Waals surface area contributed by atoms with E-state index < -0.39 is 0 Å². The highest BCUT2D eigenvalue weighted by molar-refractivity contribution is 5.94. The Hall–Kier alpha value is -1.42. The first-order chi connectivity index (χ1) is 9.75. The van der Waals surface area contributed by atoms with E-state index in [1.807, 2.05) is 6.07 Å². The van der Waals surface area contributed by atoms with Crippen LogP contribution in [-0.4, -0.2) is 28.3 Å². The molecule has 4 heteroatoms. The molecule has 0 bridgehead atoms. The second-order valence-electron chi connectivity index (χ2n) is 6.15. The van der Waals surface area contributed by atoms with Crippen LogP contribution in [0.15, 0.2) is 18.3 Å². The first kappa shape index (κ1) is 13.6. The van der Waals surface area contributed by atoms with Crippen LogP contribution in [0.4, 0.5) is 0 Å². The number of nitrogens with one attached hydrogen (secondary N) is 1. The Morgan fingerprint density at radius 2 is 2.10 bits per heavy atom. The van der Waals surface area contributed by atoms with Gasteiger partial charge >= 0.3 is 0 Å². The van der Waals surface area contributed by atoms with E-state index in [1.54, 1.807) is 6.20 Å². The minimum atomic E-state index is 0.0813. The third kappa shape index (κ3) is 2.70. The van der Waals surface area contributed by atoms with Gasteiger partial charge in [-0.3, -0.25) is 15.3 Å². The van der Waals surface area contributed by atoms with Crippen molar-refractivity contribution in [2.24, 2.45) is 11.7 Å². The molecule has 2 heterocycles. The van der Waals surface area contributed by atoms with Gasteiger partial charge in [0.25, 0.3) is 0 Å². The van der Waals surface area contributed by atoms with Crippen LogP contribution in [0.5, 0.6) is 0 Å². The van der Waals surface area contributed by atoms with Gasteiger partial charge in [-0.2, -0.15) is 0 Å². The molecule has 1 aromatic heterocycles. The van der Waals surface area contributed by atoms with E-state index in [4.69, 9.17) is 11.1 Å². The van der Waals surface area contributed by atoms with Crippen molar-refractivity contribution in [3.05, 3.63) is 29.6 Å². The number of likely N-dealkylation sites (tertiary alicyclic amines) is 1. The van der Waals surface area contributed by atoms with Crippen molar-refractivity contribution in [1.29, 1.82) is 5.41 Å². The van der Waals surface area contributed by atoms with E-state index in [1.165, 1.54) is 45.1 Å². The van der Waals surface area contributed by atoms with Crippen LogP contribution in [0.3, 0.4) is 0 Å². The molecule has 3 N–H and O–H groups in total. The highest BCUT2D eigenvalue weighted by Crippen LogP contribution is 2.36. The van der Waals surface area contributed by atoms with Crippen LogP contribution >= 0.6 is 0 Å². The highest BCUT2D eigenvalue weighted by Gasteiger charge is 2.33. The van der Waals surface area contributed by atoms with Crippen LogP contribution in [0.1, 0.15) is 49.8 Å². The van der Waals surface area contributed by atoms with E-state index in [0.717, 1.165) is 24.1 Å². The molecular formula is C16H24N4. The van der Waals surface area contributed by atoms with Crippen LogP contribution in [0.2, 0.25) is 0 Å². The zero-order chi connectivity index (χ0) is 13.9. The van der Waals surface area contributed by atoms with Crippen molar-refractivity contribution in [3.63, 3.8) is 0 Å². The first-order valence-corrected chi connectivity index (χ1v) is 7.78. The summed E-state index contributed by atoms with van der Waals surface area (Å²) in [7, 11) is 0. The summed E-state index contributed by atoms with van der Waals surface area (Å²) in [5, 5.41) is 7.67. The van der Waals surface area contributed by atoms with Gasteiger partial charge in [0.15, 0.2) is 0 Å². The Morgan fingerprint density at radius 3 is 2.95 bits per heavy atom. The van der Waals surface area contributed by atoms with E-state index in [0.29, 0.717) is 5.69 Å². The van der Waals surface area contributed by atoms with Crippen LogP contribution in [-0.2, 0) is 6.54 Å². The van der Waals surface area contributed by atoms with Crippen molar-refractivity contribution in [3.8, 4) is 0 Å². The standard InChI is InChI=1S/C16H24N4/c17-16(18)15-13(6-3-9-19-15)11-20-10-4-7-12-5-1-2-8-14(12)20/h3,6,9,12,14H,1-2,4-5,7-8,10-11H2,(H3,17,18)/t12-,14-/m1/s1. The van der Waals surface area contributed by atoms with Gasteiger partial charge in [0.2, 0.25) is 0 Å². The lowest BCUT2D eigenvalue weighted by atomic mass is 9.78. The monoisotopic (exact) mass is 272 g/mol. The van der Waals surface area contributed by atoms with Crippen molar-refractivity contribution >= 4 is 5.84 Å². The molecule has 20 heavy (non-hydrogen) atoms. The maximum Gasteiger partial charge on any atom is 0.142 e. The molecule has 2 aliphatic rings. The first-order valence-electron chi connectivity index (χ1n) is 7.78. The number of rotatable bonds is 3. The smallest absolute Gasteiger partial charge is 0.142 e. The quantitative estimate of drug-likeness (QED) is 0.656. The molecule has 0 aromatic carbocycles. The van der Waals surface area contributed by atoms with E-state index >= 15 is 0 Å². The molecule has 0 unspecified atom stereocenters. The number of nitrogens with zero attached hydrogens (tertiary/aromatic N) is 2. The summed E-state index contributed by atoms with van der Waals surface area (Å²) in [4.78, 5) is 6.88. The number of pyridine rings is 1. The number of piperidine rings is 1. The van der Waals surface area contributed by atoms with Gasteiger partial charge in [0, 0.05) is 18.8 Å². The fraction of sp³-hybridized carbons (Fsp3) is 0.625. The number of aromatic nitrogens is 1. The van der Waals surface area contributed by atoms with Crippen molar-refractivity contribution in [1.82, 2.24) is 9.88 Å². The molecule has 1 aromatic rings. The van der Waals surface area contributed by atoms with Crippen molar-refractivity contribution in [2.45, 2.75) is 51.1 Å². The molecular weight excluding hydrogens is 248 g/mol. The van der Waals surface area contributed by atoms with Gasteiger partial charge in [0.05, 0.1) is 0 Å². The zero-order valence-electron chi connectivity index (χ0n) is 12.0. The Labute approximate surface area is 120 Å². The third-order valence-electron chi connectivity index (χ3n) is 4.88. The van der Waals surface area contributed by atoms with Gasteiger partial charge in [-0.05, 0) is 49.8 Å². The lowest BCUT2D eigenvalue weighted by molar-refractivity contribution is 0.0546. The minimum Gasteiger partial charge on any atom is -0.382 e. The van der Waals surface area contributed by atoms with E-state index in [9.17, 15) is 0 Å². The number of hydrogen-bond acceptors (Lipinski definition) is 3. The molecule has 0 spiro atoms. The van der Waals surface area contributed by atoms with Crippen LogP contribution < -0.4 is 5.73 Å². The summed E-state index contributed by atoms with van der Waals surface area (Å²) >= 11 is 0. The van der Waals surface area contributed by atoms with Crippen LogP contribution in [0, 0.1) is 11.3 Å². The summed E-state index contributed by atoms with van der Waals surface area (Å²) in [6.45, 7) is 2.07. The van der Waals surface area contributed by atoms with Crippen LogP contribution in [0.25, 0.3) is 0 Å². The SMILES string of the molecule is N=C(N)c1ncccc1CN1CCC[C@H]2CCCC[C@H]21. The number of nitrogens with two attached hydrogens (primary N) is 1. The van der Waals surface area contributed by atoms with Crippen molar-refractivity contribution < 1.29 is 0 Å². The van der Waals surface area contributed by atoms with Gasteiger partial charge in [-0.15, -0.1) is 0 Å². The minimum absolute atomic E-state index is 0.0813. The number of amidine groups is 1. The molecule has 2 fully saturated rings. The molecule has 108 valence electrons. The Bertz CT molecular complexity index is 483. The van der Waals surface area contributed by atoms with Gasteiger partial charge in [-0.1, -0.05) is 18.9 Å². The van der Waals surface area contributed by atoms with Gasteiger partial charge < -0.3 is 5.73 Å². The highest BCUT2D eigenvalue weighted by atomic mass is 15.2. The fourth-order valence-electron chi connectivity index (χ4n) is 3.95. The lowest BCUT2D eigenvalue weighted by Crippen LogP contribution is -2.46. The molecule has 1 aliphatic carbocycles. The summed E-state index contributed by atoms with van der Waals surface area (Å²) < 4.78 is 0. The maximum atomic E-state index is 7.67. The average molecular weight is 272 g/mol. The topological polar surface area (TPSA) is 66.0 Å². The fourth-order valence-corrected chi connectivity index (χ4v) is 3.95. The van der Waals surface area contributed by atoms with E-state index in [2.05, 4.69) is 16.0 Å². The molecule has 1 saturated carbocycles.